The van der Waals surface area contributed by atoms with Crippen molar-refractivity contribution in [3.8, 4) is 17.2 Å². The van der Waals surface area contributed by atoms with Gasteiger partial charge in [-0.05, 0) is 29.2 Å². The van der Waals surface area contributed by atoms with Crippen LogP contribution in [-0.2, 0) is 16.7 Å². The van der Waals surface area contributed by atoms with Crippen molar-refractivity contribution in [1.82, 2.24) is 4.90 Å². The first kappa shape index (κ1) is 30.6. The summed E-state index contributed by atoms with van der Waals surface area (Å²) in [7, 11) is 5.92. The number of Topliss-reactive ketones (excluding diaryl/α,β-unsaturated/α-hetero) is 1. The van der Waals surface area contributed by atoms with Gasteiger partial charge in [-0.25, -0.2) is 4.39 Å². The number of hydrogen-bond donors (Lipinski definition) is 2. The SMILES string of the molecule is Br.COc1cc2c(c(F)c1OC)C(=N)N(CC(=O)c1cc(N3CC(O)C(OC)C3)c(OC)c(C(C)(C)C)c1)C2. The highest BCUT2D eigenvalue weighted by atomic mass is 79.9. The molecule has 2 aromatic carbocycles. The standard InChI is InChI=1S/C28H36FN3O6.BrH/c1-28(2,3)17-8-15(9-18(25(17)37-6)31-13-20(34)22(14-31)36-5)19(33)12-32-11-16-10-21(35-4)26(38-7)24(29)23(16)27(32)30;/h8-10,20,22,30,34H,11-14H2,1-7H3;1H. The first-order valence-electron chi connectivity index (χ1n) is 12.4. The molecule has 2 aromatic rings. The molecule has 2 N–H and O–H groups in total. The summed E-state index contributed by atoms with van der Waals surface area (Å²) in [6.07, 6.45) is -1.03. The van der Waals surface area contributed by atoms with E-state index >= 15 is 4.39 Å². The predicted molar refractivity (Wildman–Crippen MR) is 152 cm³/mol. The maximum Gasteiger partial charge on any atom is 0.197 e. The van der Waals surface area contributed by atoms with Crippen LogP contribution in [0.25, 0.3) is 0 Å². The highest BCUT2D eigenvalue weighted by molar-refractivity contribution is 8.93. The molecule has 0 radical (unpaired) electrons. The Bertz CT molecular complexity index is 1270. The predicted octanol–water partition coefficient (Wildman–Crippen LogP) is 3.95. The number of carbonyl (C=O) groups is 1. The molecule has 2 aliphatic rings. The van der Waals surface area contributed by atoms with E-state index in [1.165, 1.54) is 19.1 Å². The first-order valence-corrected chi connectivity index (χ1v) is 12.4. The number of β-amino-alcohol motifs (C(OH)–C–C–N with tert-alkyl or cyclic N) is 1. The largest absolute Gasteiger partial charge is 0.494 e. The number of rotatable bonds is 8. The fourth-order valence-electron chi connectivity index (χ4n) is 5.19. The number of ether oxygens (including phenoxy) is 4. The van der Waals surface area contributed by atoms with Gasteiger partial charge in [-0.2, -0.15) is 0 Å². The van der Waals surface area contributed by atoms with Gasteiger partial charge in [-0.3, -0.25) is 10.2 Å². The third-order valence-corrected chi connectivity index (χ3v) is 7.23. The molecule has 0 amide bonds. The number of fused-ring (bicyclic) bond motifs is 1. The molecule has 2 heterocycles. The molecule has 0 spiro atoms. The number of aliphatic hydroxyl groups excluding tert-OH is 1. The molecule has 0 saturated carbocycles. The number of hydrogen-bond acceptors (Lipinski definition) is 8. The number of nitrogens with zero attached hydrogens (tertiary/aromatic N) is 2. The Hall–Kier alpha value is -2.89. The topological polar surface area (TPSA) is 105 Å². The summed E-state index contributed by atoms with van der Waals surface area (Å²) in [5.74, 6) is -0.173. The second-order valence-corrected chi connectivity index (χ2v) is 10.7. The maximum absolute atomic E-state index is 15.2. The second kappa shape index (κ2) is 11.7. The zero-order valence-corrected chi connectivity index (χ0v) is 25.1. The highest BCUT2D eigenvalue weighted by Gasteiger charge is 2.36. The zero-order valence-electron chi connectivity index (χ0n) is 23.4. The van der Waals surface area contributed by atoms with Crippen molar-refractivity contribution < 1.29 is 33.2 Å². The van der Waals surface area contributed by atoms with Gasteiger partial charge in [0.05, 0.1) is 45.2 Å². The average Bonchev–Trinajstić information content (AvgIpc) is 3.41. The summed E-state index contributed by atoms with van der Waals surface area (Å²) in [4.78, 5) is 17.1. The lowest BCUT2D eigenvalue weighted by atomic mass is 9.84. The average molecular weight is 611 g/mol. The first-order chi connectivity index (χ1) is 17.9. The summed E-state index contributed by atoms with van der Waals surface area (Å²) >= 11 is 0. The minimum absolute atomic E-state index is 0. The molecule has 0 aromatic heterocycles. The molecule has 2 unspecified atom stereocenters. The Kier molecular flexibility index (Phi) is 9.19. The van der Waals surface area contributed by atoms with Crippen LogP contribution < -0.4 is 19.1 Å². The molecule has 1 saturated heterocycles. The zero-order chi connectivity index (χ0) is 27.9. The number of methoxy groups -OCH3 is 4. The molecule has 4 rings (SSSR count). The van der Waals surface area contributed by atoms with E-state index in [2.05, 4.69) is 0 Å². The number of benzene rings is 2. The van der Waals surface area contributed by atoms with Crippen LogP contribution in [0.4, 0.5) is 10.1 Å². The van der Waals surface area contributed by atoms with Crippen LogP contribution in [0.2, 0.25) is 0 Å². The molecule has 2 atom stereocenters. The second-order valence-electron chi connectivity index (χ2n) is 10.7. The van der Waals surface area contributed by atoms with Crippen molar-refractivity contribution in [1.29, 1.82) is 5.41 Å². The fraction of sp³-hybridized carbons (Fsp3) is 0.500. The smallest absolute Gasteiger partial charge is 0.197 e. The van der Waals surface area contributed by atoms with Crippen LogP contribution in [0.5, 0.6) is 17.2 Å². The van der Waals surface area contributed by atoms with Crippen molar-refractivity contribution in [2.45, 2.75) is 44.9 Å². The van der Waals surface area contributed by atoms with Crippen molar-refractivity contribution in [3.05, 3.63) is 46.3 Å². The van der Waals surface area contributed by atoms with E-state index in [9.17, 15) is 9.90 Å². The van der Waals surface area contributed by atoms with Gasteiger partial charge in [0.15, 0.2) is 23.1 Å². The van der Waals surface area contributed by atoms with Gasteiger partial charge in [0.1, 0.15) is 17.7 Å². The molecule has 39 heavy (non-hydrogen) atoms. The molecule has 2 aliphatic heterocycles. The molecular weight excluding hydrogens is 573 g/mol. The minimum Gasteiger partial charge on any atom is -0.494 e. The summed E-state index contributed by atoms with van der Waals surface area (Å²) in [5, 5.41) is 19.0. The normalized spacial score (nSPS) is 18.6. The van der Waals surface area contributed by atoms with Crippen molar-refractivity contribution >= 4 is 34.3 Å². The number of nitrogens with one attached hydrogen (secondary N) is 1. The van der Waals surface area contributed by atoms with Gasteiger partial charge in [-0.1, -0.05) is 20.8 Å². The molecule has 1 fully saturated rings. The van der Waals surface area contributed by atoms with Gasteiger partial charge in [0.2, 0.25) is 0 Å². The van der Waals surface area contributed by atoms with Crippen LogP contribution in [-0.4, -0.2) is 81.9 Å². The minimum atomic E-state index is -0.677. The number of aliphatic hydroxyl groups is 1. The maximum atomic E-state index is 15.2. The number of amidine groups is 1. The number of ketones is 1. The van der Waals surface area contributed by atoms with E-state index in [1.54, 1.807) is 26.4 Å². The highest BCUT2D eigenvalue weighted by Crippen LogP contribution is 2.42. The summed E-state index contributed by atoms with van der Waals surface area (Å²) in [5.41, 5.74) is 2.31. The monoisotopic (exact) mass is 609 g/mol. The Labute approximate surface area is 239 Å². The quantitative estimate of drug-likeness (QED) is 0.434. The van der Waals surface area contributed by atoms with E-state index in [1.807, 2.05) is 31.7 Å². The van der Waals surface area contributed by atoms with Gasteiger partial charge in [-0.15, -0.1) is 17.0 Å². The lowest BCUT2D eigenvalue weighted by Crippen LogP contribution is -2.31. The van der Waals surface area contributed by atoms with E-state index in [-0.39, 0.29) is 70.3 Å². The van der Waals surface area contributed by atoms with Crippen LogP contribution in [0.1, 0.15) is 47.8 Å². The summed E-state index contributed by atoms with van der Waals surface area (Å²) < 4.78 is 36.8. The lowest BCUT2D eigenvalue weighted by molar-refractivity contribution is 0.0217. The van der Waals surface area contributed by atoms with Crippen molar-refractivity contribution in [2.75, 3.05) is 53.0 Å². The molecule has 9 nitrogen and oxygen atoms in total. The van der Waals surface area contributed by atoms with E-state index in [0.29, 0.717) is 35.7 Å². The van der Waals surface area contributed by atoms with Crippen LogP contribution in [0, 0.1) is 11.2 Å². The lowest BCUT2D eigenvalue weighted by Gasteiger charge is -2.29. The fourth-order valence-corrected chi connectivity index (χ4v) is 5.19. The summed E-state index contributed by atoms with van der Waals surface area (Å²) in [6.45, 7) is 6.98. The Morgan fingerprint density at radius 2 is 1.74 bits per heavy atom. The Balaban J connectivity index is 0.00000420. The molecular formula is C28H37BrFN3O6. The third kappa shape index (κ3) is 5.57. The molecule has 0 bridgehead atoms. The van der Waals surface area contributed by atoms with Gasteiger partial charge < -0.3 is 33.9 Å². The number of carbonyl (C=O) groups excluding carboxylic acids is 1. The van der Waals surface area contributed by atoms with Crippen LogP contribution in [0.3, 0.4) is 0 Å². The van der Waals surface area contributed by atoms with E-state index in [4.69, 9.17) is 24.4 Å². The van der Waals surface area contributed by atoms with Gasteiger partial charge in [0.25, 0.3) is 0 Å². The molecule has 214 valence electrons. The molecule has 0 aliphatic carbocycles. The van der Waals surface area contributed by atoms with E-state index < -0.39 is 11.9 Å². The van der Waals surface area contributed by atoms with Crippen molar-refractivity contribution in [2.24, 2.45) is 0 Å². The van der Waals surface area contributed by atoms with Crippen molar-refractivity contribution in [3.63, 3.8) is 0 Å². The Morgan fingerprint density at radius 1 is 1.08 bits per heavy atom. The number of anilines is 1. The van der Waals surface area contributed by atoms with Crippen LogP contribution >= 0.6 is 17.0 Å². The van der Waals surface area contributed by atoms with Crippen LogP contribution in [0.15, 0.2) is 18.2 Å². The third-order valence-electron chi connectivity index (χ3n) is 7.23. The summed E-state index contributed by atoms with van der Waals surface area (Å²) in [6, 6.07) is 5.23. The molecule has 11 heteroatoms. The van der Waals surface area contributed by atoms with E-state index in [0.717, 1.165) is 5.56 Å². The van der Waals surface area contributed by atoms with Gasteiger partial charge in [0, 0.05) is 37.9 Å². The number of halogens is 2. The van der Waals surface area contributed by atoms with Gasteiger partial charge >= 0.3 is 0 Å². The Morgan fingerprint density at radius 3 is 2.28 bits per heavy atom.